The van der Waals surface area contributed by atoms with Crippen molar-refractivity contribution in [1.29, 1.82) is 0 Å². The number of hydrogen-bond acceptors (Lipinski definition) is 4. The summed E-state index contributed by atoms with van der Waals surface area (Å²) in [6.45, 7) is 4.03. The molecule has 0 radical (unpaired) electrons. The highest BCUT2D eigenvalue weighted by molar-refractivity contribution is 6.00. The maximum atomic E-state index is 13.8. The Balaban J connectivity index is 1.72. The van der Waals surface area contributed by atoms with Crippen LogP contribution in [0.4, 0.5) is 0 Å². The summed E-state index contributed by atoms with van der Waals surface area (Å²) in [4.78, 5) is 24.6. The summed E-state index contributed by atoms with van der Waals surface area (Å²) >= 11 is 0. The highest BCUT2D eigenvalue weighted by Gasteiger charge is 2.28. The van der Waals surface area contributed by atoms with Gasteiger partial charge >= 0.3 is 5.97 Å². The quantitative estimate of drug-likeness (QED) is 0.119. The van der Waals surface area contributed by atoms with E-state index in [4.69, 9.17) is 15.6 Å². The van der Waals surface area contributed by atoms with E-state index in [0.29, 0.717) is 11.3 Å². The van der Waals surface area contributed by atoms with Gasteiger partial charge in [-0.05, 0) is 35.6 Å². The van der Waals surface area contributed by atoms with Gasteiger partial charge < -0.3 is 15.6 Å². The Labute approximate surface area is 235 Å². The number of ketones is 1. The molecule has 3 unspecified atom stereocenters. The fourth-order valence-electron chi connectivity index (χ4n) is 4.51. The molecule has 4 rings (SSSR count). The number of carboxylic acid groups (broad SMARTS) is 1. The van der Waals surface area contributed by atoms with Crippen LogP contribution in [0.25, 0.3) is 11.8 Å². The highest BCUT2D eigenvalue weighted by Crippen LogP contribution is 2.36. The predicted octanol–water partition coefficient (Wildman–Crippen LogP) is 7.49. The number of carbonyl (C=O) groups is 2. The number of nitrogens with two attached hydrogens (primary N) is 1. The summed E-state index contributed by atoms with van der Waals surface area (Å²) in [7, 11) is 0. The lowest BCUT2D eigenvalue weighted by Crippen LogP contribution is -2.22. The Hall–Kier alpha value is -4.74. The van der Waals surface area contributed by atoms with Gasteiger partial charge in [-0.1, -0.05) is 122 Å². The first kappa shape index (κ1) is 28.3. The topological polar surface area (TPSA) is 89.6 Å². The lowest BCUT2D eigenvalue weighted by molar-refractivity contribution is -0.131. The van der Waals surface area contributed by atoms with Crippen molar-refractivity contribution < 1.29 is 19.4 Å². The largest absolute Gasteiger partial charge is 0.478 e. The van der Waals surface area contributed by atoms with E-state index >= 15 is 0 Å². The average Bonchev–Trinajstić information content (AvgIpc) is 3.01. The molecule has 5 nitrogen and oxygen atoms in total. The first-order valence-corrected chi connectivity index (χ1v) is 13.2. The van der Waals surface area contributed by atoms with E-state index in [-0.39, 0.29) is 17.7 Å². The maximum absolute atomic E-state index is 13.8. The van der Waals surface area contributed by atoms with Crippen molar-refractivity contribution in [3.8, 4) is 0 Å². The normalized spacial score (nSPS) is 14.2. The van der Waals surface area contributed by atoms with E-state index in [2.05, 4.69) is 0 Å². The van der Waals surface area contributed by atoms with Gasteiger partial charge in [0.25, 0.3) is 0 Å². The second kappa shape index (κ2) is 13.4. The van der Waals surface area contributed by atoms with Gasteiger partial charge in [-0.3, -0.25) is 4.79 Å². The zero-order chi connectivity index (χ0) is 28.5. The van der Waals surface area contributed by atoms with Gasteiger partial charge in [0.1, 0.15) is 5.76 Å². The minimum atomic E-state index is -0.997. The van der Waals surface area contributed by atoms with Crippen molar-refractivity contribution in [3.63, 3.8) is 0 Å². The third kappa shape index (κ3) is 7.01. The summed E-state index contributed by atoms with van der Waals surface area (Å²) in [5.41, 5.74) is 11.5. The van der Waals surface area contributed by atoms with E-state index in [0.717, 1.165) is 33.9 Å². The van der Waals surface area contributed by atoms with Gasteiger partial charge in [-0.2, -0.15) is 0 Å². The lowest BCUT2D eigenvalue weighted by Gasteiger charge is -2.27. The summed E-state index contributed by atoms with van der Waals surface area (Å²) in [5, 5.41) is 8.89. The third-order valence-electron chi connectivity index (χ3n) is 6.99. The molecular formula is C35H33NO4. The van der Waals surface area contributed by atoms with Crippen LogP contribution in [-0.2, 0) is 9.53 Å². The number of ether oxygens (including phenoxy) is 1. The number of carbonyl (C=O) groups excluding carboxylic acids is 1. The van der Waals surface area contributed by atoms with E-state index in [9.17, 15) is 9.59 Å². The molecule has 3 N–H and O–H groups in total. The number of carboxylic acids is 1. The lowest BCUT2D eigenvalue weighted by atomic mass is 9.87. The predicted molar refractivity (Wildman–Crippen MR) is 159 cm³/mol. The van der Waals surface area contributed by atoms with Crippen LogP contribution in [0.1, 0.15) is 58.6 Å². The van der Waals surface area contributed by atoms with Crippen LogP contribution < -0.4 is 5.73 Å². The van der Waals surface area contributed by atoms with E-state index in [1.165, 1.54) is 0 Å². The molecule has 0 aromatic heterocycles. The monoisotopic (exact) mass is 531 g/mol. The van der Waals surface area contributed by atoms with E-state index < -0.39 is 12.1 Å². The van der Waals surface area contributed by atoms with Crippen LogP contribution in [0.2, 0.25) is 0 Å². The summed E-state index contributed by atoms with van der Waals surface area (Å²) in [6, 6.07) is 35.6. The SMILES string of the molecule is CC(=C(OC(C(=O)c1ccccc1)c1ccccc1)c1ccccc1)C(C)C(N)c1ccc(C=CC(=O)O)cc1. The number of rotatable bonds is 11. The van der Waals surface area contributed by atoms with Gasteiger partial charge in [-0.25, -0.2) is 4.79 Å². The van der Waals surface area contributed by atoms with Crippen molar-refractivity contribution in [3.05, 3.63) is 155 Å². The fraction of sp³-hybridized carbons (Fsp3) is 0.143. The molecule has 0 amide bonds. The highest BCUT2D eigenvalue weighted by atomic mass is 16.5. The number of hydrogen-bond donors (Lipinski definition) is 2. The first-order chi connectivity index (χ1) is 19.3. The van der Waals surface area contributed by atoms with Gasteiger partial charge in [0.15, 0.2) is 6.10 Å². The van der Waals surface area contributed by atoms with Crippen LogP contribution in [-0.4, -0.2) is 16.9 Å². The van der Waals surface area contributed by atoms with Gasteiger partial charge in [0.2, 0.25) is 5.78 Å². The van der Waals surface area contributed by atoms with Crippen LogP contribution in [0.15, 0.2) is 127 Å². The molecule has 0 saturated heterocycles. The smallest absolute Gasteiger partial charge is 0.328 e. The Kier molecular flexibility index (Phi) is 9.44. The van der Waals surface area contributed by atoms with Crippen LogP contribution >= 0.6 is 0 Å². The second-order valence-corrected chi connectivity index (χ2v) is 9.67. The van der Waals surface area contributed by atoms with Crippen molar-refractivity contribution in [1.82, 2.24) is 0 Å². The molecule has 4 aromatic carbocycles. The molecule has 4 aromatic rings. The van der Waals surface area contributed by atoms with Crippen molar-refractivity contribution in [2.24, 2.45) is 11.7 Å². The van der Waals surface area contributed by atoms with Crippen molar-refractivity contribution in [2.45, 2.75) is 26.0 Å². The van der Waals surface area contributed by atoms with Crippen LogP contribution in [0.5, 0.6) is 0 Å². The summed E-state index contributed by atoms with van der Waals surface area (Å²) in [6.07, 6.45) is 1.80. The van der Waals surface area contributed by atoms with E-state index in [1.807, 2.05) is 117 Å². The number of benzene rings is 4. The van der Waals surface area contributed by atoms with Gasteiger partial charge in [-0.15, -0.1) is 0 Å². The van der Waals surface area contributed by atoms with Crippen LogP contribution in [0, 0.1) is 5.92 Å². The van der Waals surface area contributed by atoms with Crippen LogP contribution in [0.3, 0.4) is 0 Å². The van der Waals surface area contributed by atoms with Crippen molar-refractivity contribution in [2.75, 3.05) is 0 Å². The average molecular weight is 532 g/mol. The molecule has 3 atom stereocenters. The summed E-state index contributed by atoms with van der Waals surface area (Å²) < 4.78 is 6.69. The minimum Gasteiger partial charge on any atom is -0.478 e. The minimum absolute atomic E-state index is 0.130. The first-order valence-electron chi connectivity index (χ1n) is 13.2. The molecule has 202 valence electrons. The molecule has 0 aliphatic heterocycles. The Morgan fingerprint density at radius 1 is 0.750 bits per heavy atom. The molecule has 0 bridgehead atoms. The second-order valence-electron chi connectivity index (χ2n) is 9.67. The zero-order valence-electron chi connectivity index (χ0n) is 22.6. The molecule has 0 saturated carbocycles. The molecule has 0 aliphatic rings. The molecule has 0 heterocycles. The van der Waals surface area contributed by atoms with Gasteiger partial charge in [0.05, 0.1) is 0 Å². The Bertz CT molecular complexity index is 1480. The maximum Gasteiger partial charge on any atom is 0.328 e. The third-order valence-corrected chi connectivity index (χ3v) is 6.99. The molecule has 0 aliphatic carbocycles. The van der Waals surface area contributed by atoms with E-state index in [1.54, 1.807) is 18.2 Å². The zero-order valence-corrected chi connectivity index (χ0v) is 22.6. The molecule has 0 fully saturated rings. The number of aliphatic carboxylic acids is 1. The fourth-order valence-corrected chi connectivity index (χ4v) is 4.51. The Morgan fingerprint density at radius 2 is 1.27 bits per heavy atom. The number of Topliss-reactive ketones (excluding diaryl/α,β-unsaturated/α-hetero) is 1. The molecule has 0 spiro atoms. The molecular weight excluding hydrogens is 498 g/mol. The Morgan fingerprint density at radius 3 is 1.82 bits per heavy atom. The summed E-state index contributed by atoms with van der Waals surface area (Å²) in [5.74, 6) is -0.653. The molecule has 40 heavy (non-hydrogen) atoms. The molecule has 5 heteroatoms. The van der Waals surface area contributed by atoms with Gasteiger partial charge in [0, 0.05) is 28.8 Å². The van der Waals surface area contributed by atoms with Crippen molar-refractivity contribution >= 4 is 23.6 Å². The standard InChI is InChI=1S/C35H33NO4/c1-24(32(36)27-21-18-26(19-22-27)20-23-31(37)38)25(2)34(29-14-8-4-9-15-29)40-35(30-16-10-5-11-17-30)33(39)28-12-6-3-7-13-28/h3-24,32,35H,36H2,1-2H3,(H,37,38).